The maximum absolute atomic E-state index is 7.43. The lowest BCUT2D eigenvalue weighted by Gasteiger charge is -2.15. The van der Waals surface area contributed by atoms with Crippen LogP contribution in [0.2, 0.25) is 0 Å². The molecule has 23 heavy (non-hydrogen) atoms. The fraction of sp³-hybridized carbons (Fsp3) is 0.400. The average Bonchev–Trinajstić information content (AvgIpc) is 3.04. The van der Waals surface area contributed by atoms with Crippen LogP contribution in [-0.4, -0.2) is 48.8 Å². The van der Waals surface area contributed by atoms with Gasteiger partial charge >= 0.3 is 0 Å². The van der Waals surface area contributed by atoms with Crippen molar-refractivity contribution in [2.75, 3.05) is 31.3 Å². The van der Waals surface area contributed by atoms with Crippen LogP contribution in [0, 0.1) is 5.41 Å². The van der Waals surface area contributed by atoms with E-state index in [1.807, 2.05) is 12.1 Å². The Balaban J connectivity index is 1.99. The van der Waals surface area contributed by atoms with E-state index in [9.17, 15) is 0 Å². The summed E-state index contributed by atoms with van der Waals surface area (Å²) >= 11 is 0. The minimum absolute atomic E-state index is 0.453. The van der Waals surface area contributed by atoms with Crippen molar-refractivity contribution < 1.29 is 9.47 Å². The molecule has 0 bridgehead atoms. The van der Waals surface area contributed by atoms with Crippen molar-refractivity contribution in [2.24, 2.45) is 5.73 Å². The highest BCUT2D eigenvalue weighted by Gasteiger charge is 2.10. The van der Waals surface area contributed by atoms with Crippen molar-refractivity contribution >= 4 is 37.7 Å². The zero-order valence-electron chi connectivity index (χ0n) is 12.9. The Kier molecular flexibility index (Phi) is 7.00. The fourth-order valence-electron chi connectivity index (χ4n) is 2.12. The van der Waals surface area contributed by atoms with Crippen molar-refractivity contribution in [2.45, 2.75) is 12.8 Å². The number of nitrogens with two attached hydrogens (primary N) is 1. The maximum atomic E-state index is 7.43. The van der Waals surface area contributed by atoms with Crippen LogP contribution in [0.15, 0.2) is 18.3 Å². The van der Waals surface area contributed by atoms with Crippen LogP contribution in [0.5, 0.6) is 5.75 Å². The molecule has 2 aromatic rings. The Morgan fingerprint density at radius 2 is 2.17 bits per heavy atom. The van der Waals surface area contributed by atoms with E-state index < -0.39 is 0 Å². The third-order valence-corrected chi connectivity index (χ3v) is 3.59. The van der Waals surface area contributed by atoms with E-state index in [2.05, 4.69) is 19.1 Å². The van der Waals surface area contributed by atoms with E-state index in [4.69, 9.17) is 20.6 Å². The van der Waals surface area contributed by atoms with Crippen LogP contribution in [-0.2, 0) is 4.74 Å². The van der Waals surface area contributed by atoms with E-state index in [0.717, 1.165) is 29.4 Å². The second-order valence-electron chi connectivity index (χ2n) is 4.90. The van der Waals surface area contributed by atoms with Crippen LogP contribution in [0.3, 0.4) is 0 Å². The largest absolute Gasteiger partial charge is 0.490 e. The summed E-state index contributed by atoms with van der Waals surface area (Å²) in [4.78, 5) is 1.62. The van der Waals surface area contributed by atoms with Gasteiger partial charge in [-0.1, -0.05) is 0 Å². The lowest BCUT2D eigenvalue weighted by atomic mass is 10.2. The van der Waals surface area contributed by atoms with Gasteiger partial charge in [0.2, 0.25) is 0 Å². The number of unbranched alkanes of at least 4 members (excludes halogenated alkanes) is 1. The molecule has 1 aromatic heterocycles. The lowest BCUT2D eigenvalue weighted by Crippen LogP contribution is -2.16. The molecule has 0 saturated heterocycles. The first-order chi connectivity index (χ1) is 11.3. The summed E-state index contributed by atoms with van der Waals surface area (Å²) in [5.41, 5.74) is 7.08. The molecule has 0 fully saturated rings. The first-order valence-electron chi connectivity index (χ1n) is 7.47. The van der Waals surface area contributed by atoms with Crippen LogP contribution < -0.4 is 15.4 Å². The van der Waals surface area contributed by atoms with Gasteiger partial charge < -0.3 is 20.1 Å². The van der Waals surface area contributed by atoms with Crippen LogP contribution in [0.25, 0.3) is 10.9 Å². The predicted octanol–water partition coefficient (Wildman–Crippen LogP) is 2.01. The smallest absolute Gasteiger partial charge is 0.132 e. The van der Waals surface area contributed by atoms with Gasteiger partial charge in [0.25, 0.3) is 0 Å². The molecule has 0 radical (unpaired) electrons. The molecule has 0 unspecified atom stereocenters. The molecule has 0 atom stereocenters. The highest BCUT2D eigenvalue weighted by molar-refractivity contribution is 7.18. The number of fused-ring (bicyclic) bond motifs is 1. The Labute approximate surface area is 137 Å². The number of hydrogen-bond acceptors (Lipinski definition) is 5. The highest BCUT2D eigenvalue weighted by Crippen LogP contribution is 2.30. The first-order valence-corrected chi connectivity index (χ1v) is 8.05. The molecule has 1 heterocycles. The van der Waals surface area contributed by atoms with Gasteiger partial charge in [-0.25, -0.2) is 0 Å². The van der Waals surface area contributed by atoms with Gasteiger partial charge in [-0.05, 0) is 25.5 Å². The second-order valence-corrected chi connectivity index (χ2v) is 5.16. The Morgan fingerprint density at radius 1 is 1.30 bits per heavy atom. The van der Waals surface area contributed by atoms with Gasteiger partial charge in [-0.15, -0.1) is 8.86 Å². The lowest BCUT2D eigenvalue weighted by molar-refractivity contribution is 0.0982. The minimum atomic E-state index is 0.453. The number of nitrogens with zero attached hydrogens (tertiary/aromatic N) is 2. The number of benzene rings is 1. The van der Waals surface area contributed by atoms with E-state index in [1.54, 1.807) is 17.0 Å². The third-order valence-electron chi connectivity index (χ3n) is 3.31. The minimum Gasteiger partial charge on any atom is -0.490 e. The van der Waals surface area contributed by atoms with Gasteiger partial charge in [0, 0.05) is 18.6 Å². The SMILES string of the molecule is N=CN(C=P)c1cc(OCCOCCCCN)c2cn[nH]c2c1. The number of ether oxygens (including phenoxy) is 2. The quantitative estimate of drug-likeness (QED) is 0.252. The summed E-state index contributed by atoms with van der Waals surface area (Å²) in [7, 11) is 3.29. The number of hydrogen-bond donors (Lipinski definition) is 3. The number of aromatic amines is 1. The number of H-pyrrole nitrogens is 1. The van der Waals surface area contributed by atoms with E-state index in [1.165, 1.54) is 6.34 Å². The van der Waals surface area contributed by atoms with Crippen molar-refractivity contribution in [3.05, 3.63) is 18.3 Å². The number of anilines is 1. The summed E-state index contributed by atoms with van der Waals surface area (Å²) < 4.78 is 11.3. The first kappa shape index (κ1) is 17.4. The molecule has 0 aliphatic rings. The summed E-state index contributed by atoms with van der Waals surface area (Å²) in [6, 6.07) is 3.77. The molecular formula is C15H22N5O2P. The zero-order valence-corrected chi connectivity index (χ0v) is 13.9. The summed E-state index contributed by atoms with van der Waals surface area (Å²) in [6.07, 6.45) is 4.87. The molecule has 0 saturated carbocycles. The topological polar surface area (TPSA) is 100 Å². The predicted molar refractivity (Wildman–Crippen MR) is 96.3 cm³/mol. The van der Waals surface area contributed by atoms with Crippen LogP contribution >= 0.6 is 8.86 Å². The van der Waals surface area contributed by atoms with Crippen molar-refractivity contribution in [3.8, 4) is 5.75 Å². The Bertz CT molecular complexity index is 638. The molecule has 4 N–H and O–H groups in total. The standard InChI is InChI=1S/C15H22N5O2P/c16-3-1-2-4-21-5-6-22-15-8-12(20(10-17)11-23)7-14-13(15)9-18-19-14/h7-11,17,23H,1-6,16H2,(H,18,19). The molecular weight excluding hydrogens is 313 g/mol. The number of rotatable bonds is 11. The van der Waals surface area contributed by atoms with Gasteiger partial charge in [-0.2, -0.15) is 5.10 Å². The van der Waals surface area contributed by atoms with Gasteiger partial charge in [0.05, 0.1) is 35.7 Å². The Hall–Kier alpha value is -1.95. The molecule has 0 spiro atoms. The Morgan fingerprint density at radius 3 is 2.91 bits per heavy atom. The summed E-state index contributed by atoms with van der Waals surface area (Å²) in [5.74, 6) is 2.33. The van der Waals surface area contributed by atoms with Crippen molar-refractivity contribution in [1.82, 2.24) is 10.2 Å². The van der Waals surface area contributed by atoms with Gasteiger partial charge in [-0.3, -0.25) is 10.5 Å². The van der Waals surface area contributed by atoms with E-state index >= 15 is 0 Å². The fourth-order valence-corrected chi connectivity index (χ4v) is 2.34. The summed E-state index contributed by atoms with van der Waals surface area (Å²) in [6.45, 7) is 2.36. The normalized spacial score (nSPS) is 10.7. The van der Waals surface area contributed by atoms with Crippen LogP contribution in [0.1, 0.15) is 12.8 Å². The van der Waals surface area contributed by atoms with Crippen molar-refractivity contribution in [1.29, 1.82) is 5.41 Å². The highest BCUT2D eigenvalue weighted by atomic mass is 31.0. The monoisotopic (exact) mass is 335 g/mol. The second kappa shape index (κ2) is 9.25. The third kappa shape index (κ3) is 4.76. The molecule has 2 rings (SSSR count). The molecule has 7 nitrogen and oxygen atoms in total. The number of aromatic nitrogens is 2. The molecule has 0 amide bonds. The van der Waals surface area contributed by atoms with Gasteiger partial charge in [0.1, 0.15) is 12.4 Å². The van der Waals surface area contributed by atoms with E-state index in [-0.39, 0.29) is 0 Å². The molecule has 0 aliphatic heterocycles. The number of nitrogens with one attached hydrogen (secondary N) is 2. The molecule has 1 aromatic carbocycles. The van der Waals surface area contributed by atoms with Crippen molar-refractivity contribution in [3.63, 3.8) is 0 Å². The molecule has 0 aliphatic carbocycles. The summed E-state index contributed by atoms with van der Waals surface area (Å²) in [5, 5.41) is 15.3. The van der Waals surface area contributed by atoms with Gasteiger partial charge in [0.15, 0.2) is 0 Å². The van der Waals surface area contributed by atoms with E-state index in [0.29, 0.717) is 32.1 Å². The zero-order chi connectivity index (χ0) is 16.5. The van der Waals surface area contributed by atoms with Crippen LogP contribution in [0.4, 0.5) is 5.69 Å². The molecule has 124 valence electrons. The molecule has 8 heteroatoms. The average molecular weight is 335 g/mol. The maximum Gasteiger partial charge on any atom is 0.132 e.